The summed E-state index contributed by atoms with van der Waals surface area (Å²) in [6, 6.07) is 0. The summed E-state index contributed by atoms with van der Waals surface area (Å²) in [6.45, 7) is 24.9. The van der Waals surface area contributed by atoms with E-state index in [2.05, 4.69) is 19.7 Å². The fourth-order valence-electron chi connectivity index (χ4n) is 1.86. The van der Waals surface area contributed by atoms with Crippen LogP contribution in [0.25, 0.3) is 0 Å². The average Bonchev–Trinajstić information content (AvgIpc) is 2.67. The van der Waals surface area contributed by atoms with Crippen LogP contribution in [-0.4, -0.2) is 35.0 Å². The molecule has 4 nitrogen and oxygen atoms in total. The number of likely N-dealkylation sites (N-methyl/N-ethyl adjacent to an activating group) is 1. The maximum atomic E-state index is 10.3. The SMILES string of the molecule is C=C/C=C(\C=C)COC(=C)C\C=C(/C=C\C=C/C)N(C)OC(C)(C)C(C)(C)O.CC. The van der Waals surface area contributed by atoms with Gasteiger partial charge in [-0.3, -0.25) is 9.90 Å². The summed E-state index contributed by atoms with van der Waals surface area (Å²) in [4.78, 5) is 6.01. The second-order valence-corrected chi connectivity index (χ2v) is 7.38. The Labute approximate surface area is 185 Å². The van der Waals surface area contributed by atoms with Crippen LogP contribution >= 0.6 is 0 Å². The Morgan fingerprint density at radius 3 is 2.17 bits per heavy atom. The van der Waals surface area contributed by atoms with Crippen molar-refractivity contribution in [3.05, 3.63) is 85.4 Å². The van der Waals surface area contributed by atoms with Crippen molar-refractivity contribution in [2.45, 2.75) is 66.1 Å². The Morgan fingerprint density at radius 2 is 1.70 bits per heavy atom. The van der Waals surface area contributed by atoms with Gasteiger partial charge in [-0.2, -0.15) is 0 Å². The number of hydroxylamine groups is 2. The molecular formula is C26H43NO3. The molecule has 0 heterocycles. The molecule has 0 amide bonds. The minimum Gasteiger partial charge on any atom is -0.494 e. The first-order valence-electron chi connectivity index (χ1n) is 10.4. The molecule has 170 valence electrons. The quantitative estimate of drug-likeness (QED) is 0.207. The minimum absolute atomic E-state index is 0.393. The molecule has 0 spiro atoms. The van der Waals surface area contributed by atoms with E-state index in [9.17, 15) is 5.11 Å². The summed E-state index contributed by atoms with van der Waals surface area (Å²) >= 11 is 0. The first-order chi connectivity index (χ1) is 14.0. The third kappa shape index (κ3) is 12.3. The van der Waals surface area contributed by atoms with Gasteiger partial charge in [-0.05, 0) is 46.3 Å². The maximum absolute atomic E-state index is 10.3. The van der Waals surface area contributed by atoms with Crippen LogP contribution in [0.15, 0.2) is 85.4 Å². The molecule has 0 atom stereocenters. The van der Waals surface area contributed by atoms with Crippen molar-refractivity contribution >= 4 is 0 Å². The highest BCUT2D eigenvalue weighted by Crippen LogP contribution is 2.27. The summed E-state index contributed by atoms with van der Waals surface area (Å²) in [7, 11) is 1.81. The number of hydrogen-bond donors (Lipinski definition) is 1. The van der Waals surface area contributed by atoms with Crippen molar-refractivity contribution in [1.29, 1.82) is 0 Å². The number of rotatable bonds is 13. The zero-order valence-electron chi connectivity index (χ0n) is 20.4. The Kier molecular flexibility index (Phi) is 15.5. The second kappa shape index (κ2) is 15.5. The highest BCUT2D eigenvalue weighted by Gasteiger charge is 2.38. The number of nitrogens with zero attached hydrogens (tertiary/aromatic N) is 1. The molecule has 0 saturated carbocycles. The molecule has 0 aromatic rings. The Hall–Kier alpha value is -2.30. The molecule has 0 radical (unpaired) electrons. The summed E-state index contributed by atoms with van der Waals surface area (Å²) in [6.07, 6.45) is 15.5. The fourth-order valence-corrected chi connectivity index (χ4v) is 1.86. The largest absolute Gasteiger partial charge is 0.494 e. The van der Waals surface area contributed by atoms with Crippen molar-refractivity contribution in [1.82, 2.24) is 5.06 Å². The predicted octanol–water partition coefficient (Wildman–Crippen LogP) is 6.66. The summed E-state index contributed by atoms with van der Waals surface area (Å²) in [5.41, 5.74) is -0.0339. The summed E-state index contributed by atoms with van der Waals surface area (Å²) < 4.78 is 5.69. The van der Waals surface area contributed by atoms with Gasteiger partial charge in [-0.15, -0.1) is 0 Å². The van der Waals surface area contributed by atoms with Crippen LogP contribution in [0.5, 0.6) is 0 Å². The third-order valence-electron chi connectivity index (χ3n) is 4.35. The molecule has 0 unspecified atom stereocenters. The van der Waals surface area contributed by atoms with Crippen LogP contribution in [0.1, 0.15) is 54.9 Å². The van der Waals surface area contributed by atoms with Gasteiger partial charge in [0.25, 0.3) is 0 Å². The van der Waals surface area contributed by atoms with Gasteiger partial charge in [-0.25, -0.2) is 0 Å². The minimum atomic E-state index is -1.01. The lowest BCUT2D eigenvalue weighted by molar-refractivity contribution is -0.256. The monoisotopic (exact) mass is 417 g/mol. The van der Waals surface area contributed by atoms with Crippen LogP contribution in [0.4, 0.5) is 0 Å². The Balaban J connectivity index is 0. The fraction of sp³-hybridized carbons (Fsp3) is 0.462. The van der Waals surface area contributed by atoms with E-state index in [0.717, 1.165) is 11.3 Å². The molecule has 0 aliphatic rings. The molecule has 0 aromatic carbocycles. The van der Waals surface area contributed by atoms with E-state index in [0.29, 0.717) is 18.8 Å². The van der Waals surface area contributed by atoms with E-state index < -0.39 is 11.2 Å². The Bertz CT molecular complexity index is 644. The standard InChI is InChI=1S/C24H37NO3.C2H6/c1-10-13-14-16-22(25(9)28-24(7,8)23(5,6)26)18-17-20(4)27-19-21(12-3)15-11-2;1-2/h10-16,18,26H,2-4,17,19H2,1,5-9H3;1-2H3/b13-10-,16-14-,21-15+,22-18+;. The smallest absolute Gasteiger partial charge is 0.119 e. The molecule has 0 saturated heterocycles. The molecule has 0 aromatic heterocycles. The zero-order valence-corrected chi connectivity index (χ0v) is 20.4. The van der Waals surface area contributed by atoms with Gasteiger partial charge in [0.15, 0.2) is 0 Å². The van der Waals surface area contributed by atoms with Crippen molar-refractivity contribution in [2.75, 3.05) is 13.7 Å². The molecule has 0 fully saturated rings. The van der Waals surface area contributed by atoms with Crippen molar-refractivity contribution in [2.24, 2.45) is 0 Å². The molecule has 0 bridgehead atoms. The lowest BCUT2D eigenvalue weighted by atomic mass is 9.90. The van der Waals surface area contributed by atoms with Gasteiger partial charge >= 0.3 is 0 Å². The van der Waals surface area contributed by atoms with E-state index in [1.165, 1.54) is 0 Å². The van der Waals surface area contributed by atoms with Crippen molar-refractivity contribution in [3.8, 4) is 0 Å². The Morgan fingerprint density at radius 1 is 1.10 bits per heavy atom. The van der Waals surface area contributed by atoms with E-state index in [1.807, 2.05) is 78.1 Å². The zero-order chi connectivity index (χ0) is 23.8. The second-order valence-electron chi connectivity index (χ2n) is 7.38. The van der Waals surface area contributed by atoms with Crippen LogP contribution in [0, 0.1) is 0 Å². The number of hydrogen-bond acceptors (Lipinski definition) is 4. The highest BCUT2D eigenvalue weighted by molar-refractivity contribution is 5.23. The number of ether oxygens (including phenoxy) is 1. The van der Waals surface area contributed by atoms with Gasteiger partial charge in [0.2, 0.25) is 0 Å². The normalized spacial score (nSPS) is 13.1. The van der Waals surface area contributed by atoms with Crippen LogP contribution in [0.2, 0.25) is 0 Å². The lowest BCUT2D eigenvalue weighted by Gasteiger charge is -2.40. The van der Waals surface area contributed by atoms with E-state index >= 15 is 0 Å². The molecule has 0 aliphatic heterocycles. The number of aliphatic hydroxyl groups is 1. The lowest BCUT2D eigenvalue weighted by Crippen LogP contribution is -2.50. The van der Waals surface area contributed by atoms with E-state index in [1.54, 1.807) is 31.1 Å². The highest BCUT2D eigenvalue weighted by atomic mass is 16.7. The van der Waals surface area contributed by atoms with Gasteiger partial charge in [0, 0.05) is 13.5 Å². The summed E-state index contributed by atoms with van der Waals surface area (Å²) in [5, 5.41) is 12.0. The van der Waals surface area contributed by atoms with Crippen LogP contribution in [0.3, 0.4) is 0 Å². The van der Waals surface area contributed by atoms with Gasteiger partial charge < -0.3 is 9.84 Å². The first kappa shape index (κ1) is 29.9. The maximum Gasteiger partial charge on any atom is 0.119 e. The number of allylic oxidation sites excluding steroid dienone is 7. The molecule has 4 heteroatoms. The van der Waals surface area contributed by atoms with Gasteiger partial charge in [0.1, 0.15) is 12.2 Å². The van der Waals surface area contributed by atoms with Crippen LogP contribution < -0.4 is 0 Å². The molecular weight excluding hydrogens is 374 g/mol. The molecule has 30 heavy (non-hydrogen) atoms. The van der Waals surface area contributed by atoms with Crippen LogP contribution in [-0.2, 0) is 9.57 Å². The average molecular weight is 418 g/mol. The van der Waals surface area contributed by atoms with Gasteiger partial charge in [0.05, 0.1) is 17.1 Å². The van der Waals surface area contributed by atoms with Crippen molar-refractivity contribution < 1.29 is 14.7 Å². The topological polar surface area (TPSA) is 41.9 Å². The van der Waals surface area contributed by atoms with Gasteiger partial charge in [-0.1, -0.05) is 76.1 Å². The third-order valence-corrected chi connectivity index (χ3v) is 4.35. The van der Waals surface area contributed by atoms with Crippen molar-refractivity contribution in [3.63, 3.8) is 0 Å². The molecule has 0 aliphatic carbocycles. The molecule has 0 rings (SSSR count). The predicted molar refractivity (Wildman–Crippen MR) is 131 cm³/mol. The first-order valence-corrected chi connectivity index (χ1v) is 10.4. The van der Waals surface area contributed by atoms with E-state index in [4.69, 9.17) is 9.57 Å². The molecule has 1 N–H and O–H groups in total. The van der Waals surface area contributed by atoms with E-state index in [-0.39, 0.29) is 0 Å². The summed E-state index contributed by atoms with van der Waals surface area (Å²) in [5.74, 6) is 0.629.